The van der Waals surface area contributed by atoms with Gasteiger partial charge in [0, 0.05) is 82.0 Å². The fraction of sp³-hybridized carbons (Fsp3) is 0.596. The van der Waals surface area contributed by atoms with Gasteiger partial charge < -0.3 is 33.6 Å². The molecule has 6 aliphatic heterocycles. The van der Waals surface area contributed by atoms with E-state index in [1.54, 1.807) is 23.0 Å². The molecule has 4 aromatic rings. The van der Waals surface area contributed by atoms with Gasteiger partial charge >= 0.3 is 12.1 Å². The predicted molar refractivity (Wildman–Crippen MR) is 235 cm³/mol. The molecule has 10 rings (SSSR count). The monoisotopic (exact) mass is 883 g/mol. The van der Waals surface area contributed by atoms with Gasteiger partial charge in [0.05, 0.1) is 35.6 Å². The molecule has 0 saturated carbocycles. The summed E-state index contributed by atoms with van der Waals surface area (Å²) < 4.78 is 55.6. The Morgan fingerprint density at radius 1 is 0.953 bits per heavy atom. The van der Waals surface area contributed by atoms with Gasteiger partial charge in [-0.1, -0.05) is 13.0 Å². The first-order valence-electron chi connectivity index (χ1n) is 22.9. The average molecular weight is 884 g/mol. The van der Waals surface area contributed by atoms with Crippen molar-refractivity contribution in [2.45, 2.75) is 115 Å². The molecule has 8 heterocycles. The Bertz CT molecular complexity index is 2470. The second kappa shape index (κ2) is 16.3. The van der Waals surface area contributed by atoms with Crippen molar-refractivity contribution in [1.29, 1.82) is 0 Å². The van der Waals surface area contributed by atoms with Crippen molar-refractivity contribution in [1.82, 2.24) is 34.4 Å². The zero-order chi connectivity index (χ0) is 44.5. The number of ether oxygens (including phenoxy) is 4. The van der Waals surface area contributed by atoms with Crippen LogP contribution in [-0.4, -0.2) is 136 Å². The summed E-state index contributed by atoms with van der Waals surface area (Å²) in [6.07, 6.45) is 3.80. The van der Waals surface area contributed by atoms with Crippen LogP contribution in [0.2, 0.25) is 0 Å². The van der Waals surface area contributed by atoms with Crippen molar-refractivity contribution in [2.75, 3.05) is 76.1 Å². The van der Waals surface area contributed by atoms with Gasteiger partial charge in [0.2, 0.25) is 0 Å². The molecule has 6 aliphatic rings. The molecule has 15 nitrogen and oxygen atoms in total. The number of anilines is 2. The highest BCUT2D eigenvalue weighted by Crippen LogP contribution is 2.43. The first-order chi connectivity index (χ1) is 30.7. The lowest BCUT2D eigenvalue weighted by Crippen LogP contribution is -2.78. The van der Waals surface area contributed by atoms with E-state index in [2.05, 4.69) is 14.7 Å². The normalized spacial score (nSPS) is 22.8. The van der Waals surface area contributed by atoms with E-state index in [0.717, 1.165) is 71.5 Å². The van der Waals surface area contributed by atoms with E-state index in [0.29, 0.717) is 102 Å². The Morgan fingerprint density at radius 2 is 1.80 bits per heavy atom. The second-order valence-corrected chi connectivity index (χ2v) is 19.5. The molecule has 2 aromatic carbocycles. The largest absolute Gasteiger partial charge is 0.467 e. The van der Waals surface area contributed by atoms with Crippen LogP contribution >= 0.6 is 0 Å². The van der Waals surface area contributed by atoms with Crippen LogP contribution in [0.5, 0.6) is 11.8 Å². The van der Waals surface area contributed by atoms with E-state index < -0.39 is 11.8 Å². The summed E-state index contributed by atoms with van der Waals surface area (Å²) in [5.74, 6) is 1.00. The molecule has 4 saturated heterocycles. The van der Waals surface area contributed by atoms with Crippen LogP contribution in [0.1, 0.15) is 92.8 Å². The summed E-state index contributed by atoms with van der Waals surface area (Å²) >= 11 is 0. The number of carbonyl (C=O) groups is 2. The zero-order valence-corrected chi connectivity index (χ0v) is 37.6. The Morgan fingerprint density at radius 3 is 2.56 bits per heavy atom. The molecule has 0 unspecified atom stereocenters. The number of aryl methyl sites for hydroxylation is 2. The van der Waals surface area contributed by atoms with Gasteiger partial charge in [-0.15, -0.1) is 0 Å². The number of halogens is 2. The zero-order valence-electron chi connectivity index (χ0n) is 37.6. The molecule has 17 heteroatoms. The van der Waals surface area contributed by atoms with Crippen LogP contribution in [0, 0.1) is 5.82 Å². The Hall–Kier alpha value is -5.29. The SMILES string of the molecule is CCc1c(F)ccc2cc(OCOC)cc(N3CCc4c(nc(OC[C@@]56CCCN5C[C@H](F)C6)nc4N4CCCn5nc(C(=O)N6CC7(CCN7C(=O)OC(C)(C)C)C6)cc5C4)C3)c12. The first kappa shape index (κ1) is 42.6. The Labute approximate surface area is 372 Å². The minimum Gasteiger partial charge on any atom is -0.467 e. The number of nitrogens with zero attached hydrogens (tertiary/aromatic N) is 9. The number of carbonyl (C=O) groups excluding carboxylic acids is 2. The van der Waals surface area contributed by atoms with Gasteiger partial charge in [0.25, 0.3) is 5.91 Å². The van der Waals surface area contributed by atoms with Crippen LogP contribution in [0.25, 0.3) is 10.8 Å². The molecule has 342 valence electrons. The van der Waals surface area contributed by atoms with E-state index in [9.17, 15) is 14.0 Å². The van der Waals surface area contributed by atoms with Crippen molar-refractivity contribution in [2.24, 2.45) is 0 Å². The van der Waals surface area contributed by atoms with Crippen LogP contribution in [0.15, 0.2) is 30.3 Å². The van der Waals surface area contributed by atoms with Crippen molar-refractivity contribution < 1.29 is 37.3 Å². The van der Waals surface area contributed by atoms with Gasteiger partial charge in [0.1, 0.15) is 35.8 Å². The smallest absolute Gasteiger partial charge is 0.410 e. The van der Waals surface area contributed by atoms with Crippen LogP contribution in [0.3, 0.4) is 0 Å². The molecule has 1 spiro atoms. The Kier molecular flexibility index (Phi) is 10.9. The highest BCUT2D eigenvalue weighted by Gasteiger charge is 2.58. The molecule has 2 atom stereocenters. The predicted octanol–water partition coefficient (Wildman–Crippen LogP) is 6.27. The molecule has 0 bridgehead atoms. The summed E-state index contributed by atoms with van der Waals surface area (Å²) in [5.41, 5.74) is 3.25. The number of hydrogen-bond acceptors (Lipinski definition) is 12. The minimum atomic E-state index is -0.889. The number of fused-ring (bicyclic) bond motifs is 4. The van der Waals surface area contributed by atoms with E-state index >= 15 is 4.39 Å². The molecule has 2 aromatic heterocycles. The highest BCUT2D eigenvalue weighted by atomic mass is 19.1. The topological polar surface area (TPSA) is 131 Å². The highest BCUT2D eigenvalue weighted by molar-refractivity contribution is 5.98. The van der Waals surface area contributed by atoms with E-state index in [4.69, 9.17) is 34.0 Å². The van der Waals surface area contributed by atoms with Crippen LogP contribution in [0.4, 0.5) is 25.1 Å². The van der Waals surface area contributed by atoms with Crippen molar-refractivity contribution >= 4 is 34.3 Å². The standard InChI is InChI=1S/C47H59F2N9O6/c1-6-34-36(49)10-9-30-19-33(63-29-61-5)21-39(40(30)34)53-17-11-35-38(25-53)50-43(62-28-46-12-7-15-56(46)23-31(48)22-46)51-41(35)54-14-8-16-58-32(24-54)20-37(52-58)42(59)55-26-47(27-55)13-18-57(47)44(60)64-45(2,3)4/h9-10,19-21,31H,6-8,11-18,22-29H2,1-5H3/t31-,46+/m1/s1. The summed E-state index contributed by atoms with van der Waals surface area (Å²) in [4.78, 5) is 47.3. The molecule has 0 aliphatic carbocycles. The lowest BCUT2D eigenvalue weighted by molar-refractivity contribution is -0.106. The molecular formula is C47H59F2N9O6. The molecule has 0 N–H and O–H groups in total. The molecule has 2 amide bonds. The van der Waals surface area contributed by atoms with E-state index in [-0.39, 0.29) is 41.7 Å². The summed E-state index contributed by atoms with van der Waals surface area (Å²) in [6, 6.07) is 9.34. The maximum atomic E-state index is 15.4. The number of methoxy groups -OCH3 is 1. The van der Waals surface area contributed by atoms with Gasteiger partial charge in [-0.2, -0.15) is 15.1 Å². The van der Waals surface area contributed by atoms with Gasteiger partial charge in [-0.25, -0.2) is 13.6 Å². The lowest BCUT2D eigenvalue weighted by atomic mass is 9.77. The molecule has 0 radical (unpaired) electrons. The van der Waals surface area contributed by atoms with Gasteiger partial charge in [-0.3, -0.25) is 19.3 Å². The fourth-order valence-corrected chi connectivity index (χ4v) is 11.0. The number of benzene rings is 2. The van der Waals surface area contributed by atoms with E-state index in [1.807, 2.05) is 50.6 Å². The molecule has 64 heavy (non-hydrogen) atoms. The quantitative estimate of drug-likeness (QED) is 0.166. The van der Waals surface area contributed by atoms with Crippen molar-refractivity contribution in [3.63, 3.8) is 0 Å². The van der Waals surface area contributed by atoms with Crippen molar-refractivity contribution in [3.8, 4) is 11.8 Å². The summed E-state index contributed by atoms with van der Waals surface area (Å²) in [6.45, 7) is 13.5. The maximum absolute atomic E-state index is 15.4. The van der Waals surface area contributed by atoms with Gasteiger partial charge in [0.15, 0.2) is 12.5 Å². The molecule has 4 fully saturated rings. The summed E-state index contributed by atoms with van der Waals surface area (Å²) in [5, 5.41) is 6.53. The van der Waals surface area contributed by atoms with Crippen molar-refractivity contribution in [3.05, 3.63) is 64.4 Å². The maximum Gasteiger partial charge on any atom is 0.410 e. The minimum absolute atomic E-state index is 0.0763. The fourth-order valence-electron chi connectivity index (χ4n) is 11.0. The first-order valence-corrected chi connectivity index (χ1v) is 22.9. The third-order valence-corrected chi connectivity index (χ3v) is 14.2. The lowest BCUT2D eigenvalue weighted by Gasteiger charge is -2.61. The number of alkyl halides is 1. The van der Waals surface area contributed by atoms with E-state index in [1.165, 1.54) is 6.07 Å². The number of rotatable bonds is 10. The second-order valence-electron chi connectivity index (χ2n) is 19.5. The number of likely N-dealkylation sites (tertiary alicyclic amines) is 2. The number of amides is 2. The Balaban J connectivity index is 0.941. The van der Waals surface area contributed by atoms with Crippen LogP contribution in [-0.2, 0) is 41.9 Å². The summed E-state index contributed by atoms with van der Waals surface area (Å²) in [7, 11) is 1.58. The van der Waals surface area contributed by atoms with Gasteiger partial charge in [-0.05, 0) is 95.0 Å². The molecular weight excluding hydrogens is 825 g/mol. The third kappa shape index (κ3) is 7.65. The third-order valence-electron chi connectivity index (χ3n) is 14.2. The van der Waals surface area contributed by atoms with Crippen LogP contribution < -0.4 is 19.3 Å². The number of hydrogen-bond donors (Lipinski definition) is 0. The number of aromatic nitrogens is 4. The average Bonchev–Trinajstić information content (AvgIpc) is 3.86.